The van der Waals surface area contributed by atoms with Crippen LogP contribution < -0.4 is 10.6 Å². The lowest BCUT2D eigenvalue weighted by Crippen LogP contribution is -2.44. The highest BCUT2D eigenvalue weighted by Gasteiger charge is 2.16. The van der Waals surface area contributed by atoms with Crippen molar-refractivity contribution in [1.82, 2.24) is 10.6 Å². The number of hydrogen-bond acceptors (Lipinski definition) is 5. The molecule has 1 heterocycles. The second-order valence-electron chi connectivity index (χ2n) is 4.59. The van der Waals surface area contributed by atoms with Gasteiger partial charge in [-0.2, -0.15) is 0 Å². The highest BCUT2D eigenvalue weighted by molar-refractivity contribution is 5.76. The zero-order valence-electron chi connectivity index (χ0n) is 11.8. The minimum atomic E-state index is 0.0864. The van der Waals surface area contributed by atoms with Gasteiger partial charge in [0.1, 0.15) is 0 Å². The summed E-state index contributed by atoms with van der Waals surface area (Å²) in [6, 6.07) is 0.158. The lowest BCUT2D eigenvalue weighted by atomic mass is 10.2. The van der Waals surface area contributed by atoms with E-state index < -0.39 is 0 Å². The van der Waals surface area contributed by atoms with Gasteiger partial charge in [0, 0.05) is 39.3 Å². The van der Waals surface area contributed by atoms with Crippen molar-refractivity contribution in [3.8, 4) is 0 Å². The molecule has 1 aliphatic heterocycles. The van der Waals surface area contributed by atoms with E-state index in [2.05, 4.69) is 10.6 Å². The quantitative estimate of drug-likeness (QED) is 0.546. The van der Waals surface area contributed by atoms with Crippen LogP contribution in [0.1, 0.15) is 19.3 Å². The van der Waals surface area contributed by atoms with Crippen LogP contribution in [-0.2, 0) is 19.0 Å². The van der Waals surface area contributed by atoms with Gasteiger partial charge < -0.3 is 24.8 Å². The summed E-state index contributed by atoms with van der Waals surface area (Å²) < 4.78 is 15.5. The predicted octanol–water partition coefficient (Wildman–Crippen LogP) is -0.0757. The maximum Gasteiger partial charge on any atom is 0.221 e. The fourth-order valence-electron chi connectivity index (χ4n) is 1.85. The van der Waals surface area contributed by atoms with Crippen molar-refractivity contribution in [3.63, 3.8) is 0 Å². The molecule has 0 spiro atoms. The van der Waals surface area contributed by atoms with Crippen molar-refractivity contribution in [2.24, 2.45) is 0 Å². The number of carbonyl (C=O) groups excluding carboxylic acids is 1. The molecule has 6 heteroatoms. The normalized spacial score (nSPS) is 19.3. The number of hydrogen-bond donors (Lipinski definition) is 2. The second-order valence-corrected chi connectivity index (χ2v) is 4.59. The Morgan fingerprint density at radius 1 is 1.37 bits per heavy atom. The third kappa shape index (κ3) is 8.93. The first-order valence-electron chi connectivity index (χ1n) is 6.97. The van der Waals surface area contributed by atoms with Gasteiger partial charge in [0.2, 0.25) is 5.91 Å². The zero-order valence-corrected chi connectivity index (χ0v) is 11.8. The van der Waals surface area contributed by atoms with Gasteiger partial charge in [-0.1, -0.05) is 0 Å². The fraction of sp³-hybridized carbons (Fsp3) is 0.923. The molecule has 2 N–H and O–H groups in total. The van der Waals surface area contributed by atoms with Gasteiger partial charge in [-0.15, -0.1) is 0 Å². The largest absolute Gasteiger partial charge is 0.382 e. The van der Waals surface area contributed by atoms with Crippen LogP contribution in [0.3, 0.4) is 0 Å². The summed E-state index contributed by atoms with van der Waals surface area (Å²) in [7, 11) is 1.66. The standard InChI is InChI=1S/C13H26N2O4/c1-17-8-9-18-6-3-2-4-15-13(16)10-12-11-19-7-5-14-12/h12,14H,2-11H2,1H3,(H,15,16). The second kappa shape index (κ2) is 11.2. The van der Waals surface area contributed by atoms with Crippen molar-refractivity contribution < 1.29 is 19.0 Å². The number of morpholine rings is 1. The summed E-state index contributed by atoms with van der Waals surface area (Å²) >= 11 is 0. The number of carbonyl (C=O) groups is 1. The Kier molecular flexibility index (Phi) is 9.61. The van der Waals surface area contributed by atoms with Gasteiger partial charge in [0.05, 0.1) is 26.4 Å². The van der Waals surface area contributed by atoms with Crippen molar-refractivity contribution in [2.75, 3.05) is 53.2 Å². The minimum Gasteiger partial charge on any atom is -0.382 e. The Balaban J connectivity index is 1.87. The molecule has 1 atom stereocenters. The summed E-state index contributed by atoms with van der Waals surface area (Å²) in [5.74, 6) is 0.0864. The first-order chi connectivity index (χ1) is 9.33. The van der Waals surface area contributed by atoms with Crippen LogP contribution in [0.15, 0.2) is 0 Å². The molecule has 6 nitrogen and oxygen atoms in total. The lowest BCUT2D eigenvalue weighted by Gasteiger charge is -2.23. The van der Waals surface area contributed by atoms with Gasteiger partial charge in [0.25, 0.3) is 0 Å². The summed E-state index contributed by atoms with van der Waals surface area (Å²) in [6.07, 6.45) is 2.38. The van der Waals surface area contributed by atoms with E-state index in [9.17, 15) is 4.79 Å². The molecule has 0 saturated carbocycles. The molecular weight excluding hydrogens is 248 g/mol. The third-order valence-corrected chi connectivity index (χ3v) is 2.90. The van der Waals surface area contributed by atoms with E-state index in [4.69, 9.17) is 14.2 Å². The van der Waals surface area contributed by atoms with Crippen molar-refractivity contribution in [2.45, 2.75) is 25.3 Å². The Morgan fingerprint density at radius 2 is 2.26 bits per heavy atom. The molecule has 0 aromatic rings. The van der Waals surface area contributed by atoms with E-state index in [1.165, 1.54) is 0 Å². The van der Waals surface area contributed by atoms with Crippen molar-refractivity contribution >= 4 is 5.91 Å². The van der Waals surface area contributed by atoms with Crippen LogP contribution >= 0.6 is 0 Å². The zero-order chi connectivity index (χ0) is 13.8. The summed E-state index contributed by atoms with van der Waals surface area (Å²) in [5, 5.41) is 6.18. The Bertz CT molecular complexity index is 233. The molecule has 0 aliphatic carbocycles. The summed E-state index contributed by atoms with van der Waals surface area (Å²) in [4.78, 5) is 11.6. The molecule has 0 bridgehead atoms. The monoisotopic (exact) mass is 274 g/mol. The highest BCUT2D eigenvalue weighted by atomic mass is 16.5. The molecule has 1 amide bonds. The number of methoxy groups -OCH3 is 1. The van der Waals surface area contributed by atoms with E-state index in [1.54, 1.807) is 7.11 Å². The molecule has 0 aromatic carbocycles. The molecule has 1 aliphatic rings. The van der Waals surface area contributed by atoms with Gasteiger partial charge in [-0.3, -0.25) is 4.79 Å². The topological polar surface area (TPSA) is 68.8 Å². The van der Waals surface area contributed by atoms with E-state index >= 15 is 0 Å². The van der Waals surface area contributed by atoms with E-state index in [1.807, 2.05) is 0 Å². The van der Waals surface area contributed by atoms with Gasteiger partial charge in [-0.25, -0.2) is 0 Å². The van der Waals surface area contributed by atoms with Crippen molar-refractivity contribution in [1.29, 1.82) is 0 Å². The van der Waals surface area contributed by atoms with E-state index in [0.717, 1.165) is 32.6 Å². The molecule has 19 heavy (non-hydrogen) atoms. The van der Waals surface area contributed by atoms with Crippen LogP contribution in [0.4, 0.5) is 0 Å². The lowest BCUT2D eigenvalue weighted by molar-refractivity contribution is -0.122. The highest BCUT2D eigenvalue weighted by Crippen LogP contribution is 1.98. The average Bonchev–Trinajstić information content (AvgIpc) is 2.43. The van der Waals surface area contributed by atoms with Gasteiger partial charge in [0.15, 0.2) is 0 Å². The molecule has 0 aromatic heterocycles. The Labute approximate surface area is 115 Å². The maximum absolute atomic E-state index is 11.6. The van der Waals surface area contributed by atoms with Gasteiger partial charge in [-0.05, 0) is 12.8 Å². The van der Waals surface area contributed by atoms with Crippen LogP contribution in [-0.4, -0.2) is 65.2 Å². The molecular formula is C13H26N2O4. The first-order valence-corrected chi connectivity index (χ1v) is 6.97. The fourth-order valence-corrected chi connectivity index (χ4v) is 1.85. The number of rotatable bonds is 10. The first kappa shape index (κ1) is 16.4. The molecule has 112 valence electrons. The van der Waals surface area contributed by atoms with Crippen molar-refractivity contribution in [3.05, 3.63) is 0 Å². The number of ether oxygens (including phenoxy) is 3. The van der Waals surface area contributed by atoms with Crippen LogP contribution in [0.25, 0.3) is 0 Å². The van der Waals surface area contributed by atoms with Gasteiger partial charge >= 0.3 is 0 Å². The number of nitrogens with one attached hydrogen (secondary N) is 2. The molecule has 1 saturated heterocycles. The third-order valence-electron chi connectivity index (χ3n) is 2.90. The molecule has 0 radical (unpaired) electrons. The number of amides is 1. The molecule has 1 fully saturated rings. The van der Waals surface area contributed by atoms with E-state index in [0.29, 0.717) is 32.8 Å². The summed E-state index contributed by atoms with van der Waals surface area (Å²) in [6.45, 7) is 4.89. The van der Waals surface area contributed by atoms with Crippen LogP contribution in [0, 0.1) is 0 Å². The Hall–Kier alpha value is -0.690. The summed E-state index contributed by atoms with van der Waals surface area (Å²) in [5.41, 5.74) is 0. The Morgan fingerprint density at radius 3 is 3.00 bits per heavy atom. The van der Waals surface area contributed by atoms with Crippen LogP contribution in [0.2, 0.25) is 0 Å². The molecule has 1 rings (SSSR count). The minimum absolute atomic E-state index is 0.0864. The predicted molar refractivity (Wildman–Crippen MR) is 72.2 cm³/mol. The van der Waals surface area contributed by atoms with Crippen LogP contribution in [0.5, 0.6) is 0 Å². The maximum atomic E-state index is 11.6. The smallest absolute Gasteiger partial charge is 0.221 e. The molecule has 1 unspecified atom stereocenters. The number of unbranched alkanes of at least 4 members (excludes halogenated alkanes) is 1. The average molecular weight is 274 g/mol. The van der Waals surface area contributed by atoms with E-state index in [-0.39, 0.29) is 11.9 Å². The SMILES string of the molecule is COCCOCCCCNC(=O)CC1COCCN1.